The van der Waals surface area contributed by atoms with Crippen LogP contribution in [0, 0.1) is 6.92 Å². The average Bonchev–Trinajstić information content (AvgIpc) is 3.04. The lowest BCUT2D eigenvalue weighted by Crippen LogP contribution is -2.51. The number of rotatable bonds is 14. The van der Waals surface area contributed by atoms with Gasteiger partial charge in [-0.05, 0) is 45.2 Å². The van der Waals surface area contributed by atoms with E-state index in [-0.39, 0.29) is 34.9 Å². The number of methoxy groups -OCH3 is 1. The summed E-state index contributed by atoms with van der Waals surface area (Å²) in [6.45, 7) is 7.19. The van der Waals surface area contributed by atoms with E-state index in [4.69, 9.17) is 19.9 Å². The van der Waals surface area contributed by atoms with Crippen LogP contribution in [0.25, 0.3) is 11.3 Å². The molecular formula is C34H42F3N5O6. The number of alkyl halides is 3. The summed E-state index contributed by atoms with van der Waals surface area (Å²) in [6, 6.07) is 11.9. The summed E-state index contributed by atoms with van der Waals surface area (Å²) in [7, 11) is 3.46. The number of hydrogen-bond donors (Lipinski definition) is 3. The highest BCUT2D eigenvalue weighted by Crippen LogP contribution is 2.42. The molecule has 2 amide bonds. The van der Waals surface area contributed by atoms with Crippen molar-refractivity contribution in [2.75, 3.05) is 66.6 Å². The Morgan fingerprint density at radius 2 is 1.71 bits per heavy atom. The summed E-state index contributed by atoms with van der Waals surface area (Å²) in [4.78, 5) is 33.8. The molecule has 0 unspecified atom stereocenters. The Morgan fingerprint density at radius 1 is 1.02 bits per heavy atom. The molecule has 0 aliphatic carbocycles. The molecule has 1 atom stereocenters. The first-order chi connectivity index (χ1) is 22.7. The molecule has 0 saturated carbocycles. The van der Waals surface area contributed by atoms with Crippen molar-refractivity contribution in [3.63, 3.8) is 0 Å². The Hall–Kier alpha value is -4.40. The lowest BCUT2D eigenvalue weighted by atomic mass is 9.93. The van der Waals surface area contributed by atoms with E-state index in [1.807, 2.05) is 6.92 Å². The Bertz CT molecular complexity index is 1580. The minimum Gasteiger partial charge on any atom is -0.493 e. The maximum atomic E-state index is 14.7. The third kappa shape index (κ3) is 8.74. The van der Waals surface area contributed by atoms with Gasteiger partial charge in [0, 0.05) is 49.4 Å². The zero-order chi connectivity index (χ0) is 35.1. The van der Waals surface area contributed by atoms with Gasteiger partial charge in [-0.15, -0.1) is 0 Å². The number of likely N-dealkylation sites (N-methyl/N-ethyl adjacent to an activating group) is 1. The normalized spacial score (nSPS) is 15.4. The Kier molecular flexibility index (Phi) is 11.9. The van der Waals surface area contributed by atoms with Gasteiger partial charge in [0.2, 0.25) is 11.5 Å². The van der Waals surface area contributed by atoms with E-state index >= 15 is 0 Å². The highest BCUT2D eigenvalue weighted by atomic mass is 19.4. The molecule has 14 heteroatoms. The highest BCUT2D eigenvalue weighted by Gasteiger charge is 2.56. The molecule has 4 N–H and O–H groups in total. The summed E-state index contributed by atoms with van der Waals surface area (Å²) >= 11 is 0. The molecule has 1 aliphatic heterocycles. The molecule has 11 nitrogen and oxygen atoms in total. The van der Waals surface area contributed by atoms with E-state index in [2.05, 4.69) is 27.1 Å². The van der Waals surface area contributed by atoms with E-state index in [1.165, 1.54) is 25.3 Å². The van der Waals surface area contributed by atoms with Crippen molar-refractivity contribution in [1.82, 2.24) is 20.1 Å². The molecule has 3 aromatic rings. The topological polar surface area (TPSA) is 139 Å². The number of nitrogens with two attached hydrogens (primary N) is 1. The lowest BCUT2D eigenvalue weighted by Gasteiger charge is -2.32. The SMILES string of the molecule is CCOc1c(CC(N)=O)cc([C@@](O)(CNC(=O)c2ccc(OCCN3CCN(C)CC3)c(OC)c2)C(F)(F)F)nc1-c1ccc(C)cc1. The predicted octanol–water partition coefficient (Wildman–Crippen LogP) is 3.30. The number of benzene rings is 2. The minimum atomic E-state index is -5.30. The van der Waals surface area contributed by atoms with Crippen LogP contribution in [0.15, 0.2) is 48.5 Å². The van der Waals surface area contributed by atoms with Gasteiger partial charge in [-0.3, -0.25) is 14.5 Å². The largest absolute Gasteiger partial charge is 0.493 e. The van der Waals surface area contributed by atoms with Crippen molar-refractivity contribution < 1.29 is 42.1 Å². The van der Waals surface area contributed by atoms with Gasteiger partial charge in [-0.25, -0.2) is 4.98 Å². The van der Waals surface area contributed by atoms with Gasteiger partial charge in [0.25, 0.3) is 5.91 Å². The van der Waals surface area contributed by atoms with Crippen LogP contribution >= 0.6 is 0 Å². The molecule has 2 aromatic carbocycles. The molecule has 0 spiro atoms. The van der Waals surface area contributed by atoms with Gasteiger partial charge in [0.1, 0.15) is 18.1 Å². The average molecular weight is 674 g/mol. The molecule has 260 valence electrons. The molecule has 1 fully saturated rings. The number of hydrogen-bond acceptors (Lipinski definition) is 9. The maximum absolute atomic E-state index is 14.7. The standard InChI is InChI=1S/C34H42F3N5O6/c1-5-47-31-25(20-29(38)43)19-28(40-30(31)23-8-6-22(2)7-9-23)33(45,34(35,36)37)21-39-32(44)24-10-11-26(27(18-24)46-4)48-17-16-42-14-12-41(3)13-15-42/h6-11,18-19,45H,5,12-17,20-21H2,1-4H3,(H2,38,43)(H,39,44)/t33-/m0/s1. The first kappa shape index (κ1) is 36.4. The Morgan fingerprint density at radius 3 is 2.31 bits per heavy atom. The quantitative estimate of drug-likeness (QED) is 0.235. The van der Waals surface area contributed by atoms with Crippen LogP contribution in [0.4, 0.5) is 13.2 Å². The number of aryl methyl sites for hydroxylation is 1. The van der Waals surface area contributed by atoms with Gasteiger partial charge < -0.3 is 35.3 Å². The monoisotopic (exact) mass is 673 g/mol. The van der Waals surface area contributed by atoms with Gasteiger partial charge in [-0.1, -0.05) is 29.8 Å². The number of nitrogens with zero attached hydrogens (tertiary/aromatic N) is 3. The van der Waals surface area contributed by atoms with Crippen LogP contribution in [0.1, 0.15) is 34.1 Å². The van der Waals surface area contributed by atoms with E-state index in [0.717, 1.165) is 37.8 Å². The van der Waals surface area contributed by atoms with Crippen molar-refractivity contribution in [3.8, 4) is 28.5 Å². The number of piperazine rings is 1. The molecule has 1 aromatic heterocycles. The van der Waals surface area contributed by atoms with Crippen molar-refractivity contribution in [1.29, 1.82) is 0 Å². The second-order valence-corrected chi connectivity index (χ2v) is 11.7. The second kappa shape index (κ2) is 15.7. The van der Waals surface area contributed by atoms with E-state index in [1.54, 1.807) is 31.2 Å². The summed E-state index contributed by atoms with van der Waals surface area (Å²) < 4.78 is 61.1. The van der Waals surface area contributed by atoms with Crippen LogP contribution < -0.4 is 25.3 Å². The van der Waals surface area contributed by atoms with Crippen molar-refractivity contribution in [2.24, 2.45) is 5.73 Å². The van der Waals surface area contributed by atoms with Crippen molar-refractivity contribution >= 4 is 11.8 Å². The number of carbonyl (C=O) groups excluding carboxylic acids is 2. The van der Waals surface area contributed by atoms with Crippen LogP contribution in [0.3, 0.4) is 0 Å². The molecule has 48 heavy (non-hydrogen) atoms. The predicted molar refractivity (Wildman–Crippen MR) is 173 cm³/mol. The third-order valence-electron chi connectivity index (χ3n) is 8.11. The van der Waals surface area contributed by atoms with Crippen LogP contribution in [0.2, 0.25) is 0 Å². The fourth-order valence-corrected chi connectivity index (χ4v) is 5.26. The Balaban J connectivity index is 1.59. The smallest absolute Gasteiger partial charge is 0.424 e. The molecule has 1 saturated heterocycles. The number of pyridine rings is 1. The van der Waals surface area contributed by atoms with Crippen LogP contribution in [0.5, 0.6) is 17.2 Å². The number of aliphatic hydroxyl groups is 1. The highest BCUT2D eigenvalue weighted by molar-refractivity contribution is 5.95. The summed E-state index contributed by atoms with van der Waals surface area (Å²) in [5, 5.41) is 13.5. The van der Waals surface area contributed by atoms with Gasteiger partial charge in [-0.2, -0.15) is 13.2 Å². The zero-order valence-corrected chi connectivity index (χ0v) is 27.5. The summed E-state index contributed by atoms with van der Waals surface area (Å²) in [6.07, 6.45) is -5.78. The van der Waals surface area contributed by atoms with E-state index in [0.29, 0.717) is 24.5 Å². The van der Waals surface area contributed by atoms with Crippen molar-refractivity contribution in [3.05, 3.63) is 70.9 Å². The number of carbonyl (C=O) groups is 2. The van der Waals surface area contributed by atoms with Crippen LogP contribution in [-0.4, -0.2) is 105 Å². The van der Waals surface area contributed by atoms with Crippen molar-refractivity contribution in [2.45, 2.75) is 32.0 Å². The molecule has 4 rings (SSSR count). The van der Waals surface area contributed by atoms with Gasteiger partial charge >= 0.3 is 6.18 Å². The first-order valence-corrected chi connectivity index (χ1v) is 15.6. The molecular weight excluding hydrogens is 631 g/mol. The molecule has 1 aliphatic rings. The van der Waals surface area contributed by atoms with Crippen LogP contribution in [-0.2, 0) is 16.8 Å². The zero-order valence-electron chi connectivity index (χ0n) is 27.5. The van der Waals surface area contributed by atoms with Gasteiger partial charge in [0.05, 0.1) is 32.4 Å². The lowest BCUT2D eigenvalue weighted by molar-refractivity contribution is -0.265. The second-order valence-electron chi connectivity index (χ2n) is 11.7. The van der Waals surface area contributed by atoms with E-state index in [9.17, 15) is 27.9 Å². The molecule has 2 heterocycles. The number of halogens is 3. The van der Waals surface area contributed by atoms with E-state index < -0.39 is 42.3 Å². The fraction of sp³-hybridized carbons (Fsp3) is 0.441. The van der Waals surface area contributed by atoms with Gasteiger partial charge in [0.15, 0.2) is 11.5 Å². The number of ether oxygens (including phenoxy) is 3. The maximum Gasteiger partial charge on any atom is 0.424 e. The third-order valence-corrected chi connectivity index (χ3v) is 8.11. The fourth-order valence-electron chi connectivity index (χ4n) is 5.26. The number of amides is 2. The number of aromatic nitrogens is 1. The Labute approximate surface area is 277 Å². The summed E-state index contributed by atoms with van der Waals surface area (Å²) in [5.41, 5.74) is 2.18. The molecule has 0 radical (unpaired) electrons. The minimum absolute atomic E-state index is 0.00637. The number of nitrogens with one attached hydrogen (secondary N) is 1. The number of primary amides is 1. The first-order valence-electron chi connectivity index (χ1n) is 15.6. The summed E-state index contributed by atoms with van der Waals surface area (Å²) in [5.74, 6) is -1.07. The molecule has 0 bridgehead atoms.